The molecule has 0 radical (unpaired) electrons. The lowest BCUT2D eigenvalue weighted by Gasteiger charge is -2.13. The normalized spacial score (nSPS) is 24.6. The highest BCUT2D eigenvalue weighted by Crippen LogP contribution is 2.25. The number of nitrogens with zero attached hydrogens (tertiary/aromatic N) is 1. The first-order chi connectivity index (χ1) is 8.28. The van der Waals surface area contributed by atoms with E-state index in [-0.39, 0.29) is 17.8 Å². The first kappa shape index (κ1) is 10.7. The van der Waals surface area contributed by atoms with Crippen molar-refractivity contribution in [1.82, 2.24) is 15.3 Å². The molecule has 90 valence electrons. The van der Waals surface area contributed by atoms with E-state index in [1.54, 1.807) is 6.07 Å². The van der Waals surface area contributed by atoms with Crippen molar-refractivity contribution in [1.29, 1.82) is 0 Å². The van der Waals surface area contributed by atoms with E-state index in [1.807, 2.05) is 7.05 Å². The van der Waals surface area contributed by atoms with Gasteiger partial charge in [-0.25, -0.2) is 9.37 Å². The van der Waals surface area contributed by atoms with Crippen LogP contribution in [0.25, 0.3) is 11.0 Å². The quantitative estimate of drug-likeness (QED) is 0.827. The van der Waals surface area contributed by atoms with Gasteiger partial charge < -0.3 is 15.0 Å². The molecule has 2 unspecified atom stereocenters. The lowest BCUT2D eigenvalue weighted by molar-refractivity contribution is 0.188. The minimum atomic E-state index is -0.250. The Morgan fingerprint density at radius 1 is 1.47 bits per heavy atom. The molecule has 1 aromatic carbocycles. The minimum absolute atomic E-state index is 0.204. The standard InChI is InChI=1S/C12H14FN3O/c1-14-11-6-17-5-8(11)12-15-9-3-2-7(13)4-10(9)16-12/h2-4,8,11,14H,5-6H2,1H3,(H,15,16). The molecule has 1 fully saturated rings. The maximum absolute atomic E-state index is 13.1. The van der Waals surface area contributed by atoms with Gasteiger partial charge in [-0.2, -0.15) is 0 Å². The fourth-order valence-electron chi connectivity index (χ4n) is 2.29. The summed E-state index contributed by atoms with van der Waals surface area (Å²) >= 11 is 0. The van der Waals surface area contributed by atoms with Crippen molar-refractivity contribution in [2.24, 2.45) is 0 Å². The summed E-state index contributed by atoms with van der Waals surface area (Å²) in [5.74, 6) is 0.818. The zero-order valence-electron chi connectivity index (χ0n) is 9.53. The number of aromatic nitrogens is 2. The Morgan fingerprint density at radius 2 is 2.35 bits per heavy atom. The minimum Gasteiger partial charge on any atom is -0.379 e. The van der Waals surface area contributed by atoms with E-state index in [1.165, 1.54) is 12.1 Å². The molecule has 1 aliphatic heterocycles. The number of rotatable bonds is 2. The van der Waals surface area contributed by atoms with Crippen molar-refractivity contribution in [3.8, 4) is 0 Å². The molecule has 4 nitrogen and oxygen atoms in total. The van der Waals surface area contributed by atoms with E-state index in [2.05, 4.69) is 15.3 Å². The zero-order chi connectivity index (χ0) is 11.8. The van der Waals surface area contributed by atoms with Crippen LogP contribution in [-0.4, -0.2) is 36.3 Å². The molecule has 1 aliphatic rings. The number of ether oxygens (including phenoxy) is 1. The third-order valence-electron chi connectivity index (χ3n) is 3.26. The molecule has 2 atom stereocenters. The van der Waals surface area contributed by atoms with E-state index in [0.29, 0.717) is 13.2 Å². The van der Waals surface area contributed by atoms with Gasteiger partial charge in [0.25, 0.3) is 0 Å². The predicted molar refractivity (Wildman–Crippen MR) is 62.5 cm³/mol. The second-order valence-electron chi connectivity index (χ2n) is 4.32. The van der Waals surface area contributed by atoms with Gasteiger partial charge in [-0.15, -0.1) is 0 Å². The highest BCUT2D eigenvalue weighted by molar-refractivity contribution is 5.75. The highest BCUT2D eigenvalue weighted by atomic mass is 19.1. The molecular formula is C12H14FN3O. The summed E-state index contributed by atoms with van der Waals surface area (Å²) < 4.78 is 18.5. The van der Waals surface area contributed by atoms with Gasteiger partial charge in [-0.3, -0.25) is 0 Å². The van der Waals surface area contributed by atoms with Crippen LogP contribution in [0.5, 0.6) is 0 Å². The molecule has 0 saturated carbocycles. The van der Waals surface area contributed by atoms with E-state index in [4.69, 9.17) is 4.74 Å². The maximum Gasteiger partial charge on any atom is 0.125 e. The fourth-order valence-corrected chi connectivity index (χ4v) is 2.29. The smallest absolute Gasteiger partial charge is 0.125 e. The number of imidazole rings is 1. The lowest BCUT2D eigenvalue weighted by Crippen LogP contribution is -2.31. The van der Waals surface area contributed by atoms with Gasteiger partial charge >= 0.3 is 0 Å². The van der Waals surface area contributed by atoms with Crippen molar-refractivity contribution in [3.05, 3.63) is 29.8 Å². The summed E-state index contributed by atoms with van der Waals surface area (Å²) in [5, 5.41) is 3.21. The van der Waals surface area contributed by atoms with E-state index < -0.39 is 0 Å². The maximum atomic E-state index is 13.1. The molecule has 0 amide bonds. The number of aromatic amines is 1. The summed E-state index contributed by atoms with van der Waals surface area (Å²) in [6, 6.07) is 4.85. The van der Waals surface area contributed by atoms with Gasteiger partial charge in [0.15, 0.2) is 0 Å². The zero-order valence-corrected chi connectivity index (χ0v) is 9.53. The van der Waals surface area contributed by atoms with Crippen LogP contribution < -0.4 is 5.32 Å². The summed E-state index contributed by atoms with van der Waals surface area (Å²) in [6.45, 7) is 1.33. The third-order valence-corrected chi connectivity index (χ3v) is 3.26. The van der Waals surface area contributed by atoms with Crippen molar-refractivity contribution in [2.75, 3.05) is 20.3 Å². The Bertz CT molecular complexity index is 540. The van der Waals surface area contributed by atoms with Crippen molar-refractivity contribution in [2.45, 2.75) is 12.0 Å². The first-order valence-corrected chi connectivity index (χ1v) is 5.68. The molecule has 0 aliphatic carbocycles. The van der Waals surface area contributed by atoms with Crippen LogP contribution in [0.3, 0.4) is 0 Å². The Morgan fingerprint density at radius 3 is 3.18 bits per heavy atom. The lowest BCUT2D eigenvalue weighted by atomic mass is 10.0. The summed E-state index contributed by atoms with van der Waals surface area (Å²) in [6.07, 6.45) is 0. The van der Waals surface area contributed by atoms with Gasteiger partial charge in [-0.05, 0) is 25.2 Å². The van der Waals surface area contributed by atoms with Gasteiger partial charge in [-0.1, -0.05) is 0 Å². The Labute approximate surface area is 98.2 Å². The summed E-state index contributed by atoms with van der Waals surface area (Å²) in [7, 11) is 1.91. The number of likely N-dealkylation sites (N-methyl/N-ethyl adjacent to an activating group) is 1. The van der Waals surface area contributed by atoms with Crippen LogP contribution in [0.4, 0.5) is 4.39 Å². The SMILES string of the molecule is CNC1COCC1c1nc2ccc(F)cc2[nH]1. The second kappa shape index (κ2) is 4.09. The van der Waals surface area contributed by atoms with Crippen LogP contribution in [0.1, 0.15) is 11.7 Å². The molecule has 0 bridgehead atoms. The van der Waals surface area contributed by atoms with E-state index >= 15 is 0 Å². The monoisotopic (exact) mass is 235 g/mol. The van der Waals surface area contributed by atoms with Crippen LogP contribution in [0.15, 0.2) is 18.2 Å². The Balaban J connectivity index is 2.00. The van der Waals surface area contributed by atoms with Crippen molar-refractivity contribution in [3.63, 3.8) is 0 Å². The fraction of sp³-hybridized carbons (Fsp3) is 0.417. The van der Waals surface area contributed by atoms with Crippen LogP contribution in [-0.2, 0) is 4.74 Å². The van der Waals surface area contributed by atoms with Crippen LogP contribution in [0.2, 0.25) is 0 Å². The topological polar surface area (TPSA) is 49.9 Å². The largest absolute Gasteiger partial charge is 0.379 e. The van der Waals surface area contributed by atoms with Gasteiger partial charge in [0.1, 0.15) is 11.6 Å². The third kappa shape index (κ3) is 1.81. The van der Waals surface area contributed by atoms with Crippen LogP contribution in [0, 0.1) is 5.82 Å². The number of halogens is 1. The van der Waals surface area contributed by atoms with E-state index in [9.17, 15) is 4.39 Å². The molecule has 1 aromatic heterocycles. The molecule has 1 saturated heterocycles. The molecule has 2 N–H and O–H groups in total. The molecular weight excluding hydrogens is 221 g/mol. The first-order valence-electron chi connectivity index (χ1n) is 5.68. The average molecular weight is 235 g/mol. The molecule has 2 aromatic rings. The number of H-pyrrole nitrogens is 1. The molecule has 0 spiro atoms. The molecule has 5 heteroatoms. The van der Waals surface area contributed by atoms with Crippen molar-refractivity contribution >= 4 is 11.0 Å². The highest BCUT2D eigenvalue weighted by Gasteiger charge is 2.30. The summed E-state index contributed by atoms with van der Waals surface area (Å²) in [4.78, 5) is 7.66. The predicted octanol–water partition coefficient (Wildman–Crippen LogP) is 1.40. The summed E-state index contributed by atoms with van der Waals surface area (Å²) in [5.41, 5.74) is 1.53. The molecule has 17 heavy (non-hydrogen) atoms. The van der Waals surface area contributed by atoms with Gasteiger partial charge in [0, 0.05) is 6.04 Å². The molecule has 2 heterocycles. The number of hydrogen-bond donors (Lipinski definition) is 2. The van der Waals surface area contributed by atoms with E-state index in [0.717, 1.165) is 16.9 Å². The number of nitrogens with one attached hydrogen (secondary N) is 2. The number of benzene rings is 1. The second-order valence-corrected chi connectivity index (χ2v) is 4.32. The average Bonchev–Trinajstić information content (AvgIpc) is 2.93. The Hall–Kier alpha value is -1.46. The Kier molecular flexibility index (Phi) is 2.57. The van der Waals surface area contributed by atoms with Crippen molar-refractivity contribution < 1.29 is 9.13 Å². The van der Waals surface area contributed by atoms with Gasteiger partial charge in [0.05, 0.1) is 30.2 Å². The molecule has 3 rings (SSSR count). The van der Waals surface area contributed by atoms with Crippen LogP contribution >= 0.6 is 0 Å². The number of fused-ring (bicyclic) bond motifs is 1. The van der Waals surface area contributed by atoms with Gasteiger partial charge in [0.2, 0.25) is 0 Å². The number of hydrogen-bond acceptors (Lipinski definition) is 3.